The molecule has 102 valence electrons. The van der Waals surface area contributed by atoms with Crippen molar-refractivity contribution >= 4 is 11.7 Å². The second-order valence-corrected chi connectivity index (χ2v) is 4.02. The number of non-ortho nitro benzene ring substituents is 1. The van der Waals surface area contributed by atoms with Crippen LogP contribution in [0.3, 0.4) is 0 Å². The van der Waals surface area contributed by atoms with Gasteiger partial charge in [-0.2, -0.15) is 0 Å². The van der Waals surface area contributed by atoms with Gasteiger partial charge in [0.25, 0.3) is 5.69 Å². The lowest BCUT2D eigenvalue weighted by molar-refractivity contribution is -0.384. The third-order valence-corrected chi connectivity index (χ3v) is 2.64. The predicted molar refractivity (Wildman–Crippen MR) is 68.2 cm³/mol. The summed E-state index contributed by atoms with van der Waals surface area (Å²) in [7, 11) is 0. The van der Waals surface area contributed by atoms with Crippen molar-refractivity contribution in [3.05, 3.63) is 69.8 Å². The van der Waals surface area contributed by atoms with E-state index >= 15 is 0 Å². The Morgan fingerprint density at radius 1 is 1.05 bits per heavy atom. The molecule has 0 saturated carbocycles. The van der Waals surface area contributed by atoms with Gasteiger partial charge in [0, 0.05) is 12.1 Å². The largest absolute Gasteiger partial charge is 0.545 e. The first kappa shape index (κ1) is 13.5. The zero-order valence-electron chi connectivity index (χ0n) is 10.3. The van der Waals surface area contributed by atoms with Crippen LogP contribution >= 0.6 is 0 Å². The zero-order valence-corrected chi connectivity index (χ0v) is 10.3. The van der Waals surface area contributed by atoms with Gasteiger partial charge in [-0.3, -0.25) is 10.1 Å². The molecule has 6 heteroatoms. The van der Waals surface area contributed by atoms with Gasteiger partial charge < -0.3 is 14.6 Å². The highest BCUT2D eigenvalue weighted by molar-refractivity contribution is 5.85. The van der Waals surface area contributed by atoms with E-state index in [1.165, 1.54) is 36.4 Å². The minimum atomic E-state index is -1.24. The molecule has 20 heavy (non-hydrogen) atoms. The average Bonchev–Trinajstić information content (AvgIpc) is 2.46. The van der Waals surface area contributed by atoms with Crippen molar-refractivity contribution < 1.29 is 19.6 Å². The van der Waals surface area contributed by atoms with Crippen LogP contribution in [0.15, 0.2) is 48.5 Å². The number of carboxylic acids is 1. The molecule has 0 heterocycles. The Labute approximate surface area is 114 Å². The molecule has 0 amide bonds. The Morgan fingerprint density at radius 3 is 2.15 bits per heavy atom. The van der Waals surface area contributed by atoms with Crippen LogP contribution in [0, 0.1) is 10.1 Å². The number of rotatable bonds is 5. The molecule has 0 unspecified atom stereocenters. The Kier molecular flexibility index (Phi) is 3.95. The molecule has 0 aliphatic rings. The number of nitro groups is 1. The van der Waals surface area contributed by atoms with E-state index in [-0.39, 0.29) is 17.9 Å². The van der Waals surface area contributed by atoms with Crippen molar-refractivity contribution in [2.75, 3.05) is 0 Å². The van der Waals surface area contributed by atoms with Crippen molar-refractivity contribution in [2.45, 2.75) is 6.61 Å². The maximum absolute atomic E-state index is 10.6. The molecule has 0 aliphatic carbocycles. The molecule has 0 spiro atoms. The van der Waals surface area contributed by atoms with Crippen LogP contribution in [0.2, 0.25) is 0 Å². The normalized spacial score (nSPS) is 10.0. The van der Waals surface area contributed by atoms with E-state index in [4.69, 9.17) is 4.74 Å². The summed E-state index contributed by atoms with van der Waals surface area (Å²) in [5, 5.41) is 21.1. The minimum absolute atomic E-state index is 0.0204. The maximum atomic E-state index is 10.6. The average molecular weight is 272 g/mol. The number of ether oxygens (including phenoxy) is 1. The van der Waals surface area contributed by atoms with E-state index in [2.05, 4.69) is 0 Å². The third-order valence-electron chi connectivity index (χ3n) is 2.64. The summed E-state index contributed by atoms with van der Waals surface area (Å²) < 4.78 is 5.44. The van der Waals surface area contributed by atoms with Crippen molar-refractivity contribution in [3.8, 4) is 5.75 Å². The van der Waals surface area contributed by atoms with Gasteiger partial charge in [-0.15, -0.1) is 0 Å². The molecule has 2 aromatic rings. The lowest BCUT2D eigenvalue weighted by Gasteiger charge is -2.07. The summed E-state index contributed by atoms with van der Waals surface area (Å²) in [6.45, 7) is 0.239. The second kappa shape index (κ2) is 5.83. The van der Waals surface area contributed by atoms with E-state index in [0.717, 1.165) is 5.56 Å². The van der Waals surface area contributed by atoms with Crippen LogP contribution in [0.25, 0.3) is 0 Å². The van der Waals surface area contributed by atoms with Crippen molar-refractivity contribution in [2.24, 2.45) is 0 Å². The van der Waals surface area contributed by atoms with Crippen LogP contribution in [0.5, 0.6) is 5.75 Å². The third kappa shape index (κ3) is 3.32. The summed E-state index contributed by atoms with van der Waals surface area (Å²) in [6.07, 6.45) is 0. The minimum Gasteiger partial charge on any atom is -0.545 e. The molecule has 0 aliphatic heterocycles. The standard InChI is InChI=1S/C14H11NO5/c16-14(17)11-3-7-13(8-4-11)20-9-10-1-5-12(6-2-10)15(18)19/h1-8H,9H2,(H,16,17)/p-1. The van der Waals surface area contributed by atoms with Gasteiger partial charge >= 0.3 is 0 Å². The number of nitrogens with zero attached hydrogens (tertiary/aromatic N) is 1. The molecule has 0 saturated heterocycles. The number of benzene rings is 2. The summed E-state index contributed by atoms with van der Waals surface area (Å²) in [5.74, 6) is -0.736. The quantitative estimate of drug-likeness (QED) is 0.608. The van der Waals surface area contributed by atoms with Gasteiger partial charge in [-0.1, -0.05) is 0 Å². The topological polar surface area (TPSA) is 92.5 Å². The Bertz CT molecular complexity index is 562. The lowest BCUT2D eigenvalue weighted by Crippen LogP contribution is -2.21. The van der Waals surface area contributed by atoms with Gasteiger partial charge in [-0.05, 0) is 47.5 Å². The summed E-state index contributed by atoms with van der Waals surface area (Å²) in [6, 6.07) is 11.8. The van der Waals surface area contributed by atoms with Crippen molar-refractivity contribution in [1.82, 2.24) is 0 Å². The number of carbonyl (C=O) groups excluding carboxylic acids is 1. The number of hydrogen-bond acceptors (Lipinski definition) is 5. The molecule has 0 bridgehead atoms. The van der Waals surface area contributed by atoms with Crippen molar-refractivity contribution in [3.63, 3.8) is 0 Å². The Hall–Kier alpha value is -2.89. The predicted octanol–water partition coefficient (Wildman–Crippen LogP) is 1.54. The van der Waals surface area contributed by atoms with E-state index in [9.17, 15) is 20.0 Å². The first-order chi connectivity index (χ1) is 9.56. The maximum Gasteiger partial charge on any atom is 0.269 e. The van der Waals surface area contributed by atoms with Gasteiger partial charge in [0.2, 0.25) is 0 Å². The highest BCUT2D eigenvalue weighted by Crippen LogP contribution is 2.16. The Morgan fingerprint density at radius 2 is 1.65 bits per heavy atom. The molecule has 0 atom stereocenters. The van der Waals surface area contributed by atoms with Gasteiger partial charge in [0.05, 0.1) is 10.9 Å². The molecule has 2 rings (SSSR count). The van der Waals surface area contributed by atoms with Crippen molar-refractivity contribution in [1.29, 1.82) is 0 Å². The second-order valence-electron chi connectivity index (χ2n) is 4.02. The summed E-state index contributed by atoms with van der Waals surface area (Å²) in [4.78, 5) is 20.6. The van der Waals surface area contributed by atoms with E-state index < -0.39 is 10.9 Å². The smallest absolute Gasteiger partial charge is 0.269 e. The van der Waals surface area contributed by atoms with Crippen LogP contribution in [-0.2, 0) is 6.61 Å². The molecule has 0 aromatic heterocycles. The SMILES string of the molecule is O=C([O-])c1ccc(OCc2ccc([N+](=O)[O-])cc2)cc1. The fraction of sp³-hybridized carbons (Fsp3) is 0.0714. The first-order valence-corrected chi connectivity index (χ1v) is 5.74. The molecule has 2 aromatic carbocycles. The monoisotopic (exact) mass is 272 g/mol. The highest BCUT2D eigenvalue weighted by atomic mass is 16.6. The number of nitro benzene ring substituents is 1. The molecular weight excluding hydrogens is 262 g/mol. The fourth-order valence-electron chi connectivity index (χ4n) is 1.57. The van der Waals surface area contributed by atoms with E-state index in [1.54, 1.807) is 12.1 Å². The fourth-order valence-corrected chi connectivity index (χ4v) is 1.57. The number of aromatic carboxylic acids is 1. The van der Waals surface area contributed by atoms with E-state index in [0.29, 0.717) is 5.75 Å². The number of carbonyl (C=O) groups is 1. The lowest BCUT2D eigenvalue weighted by atomic mass is 10.2. The van der Waals surface area contributed by atoms with E-state index in [1.807, 2.05) is 0 Å². The molecule has 0 radical (unpaired) electrons. The highest BCUT2D eigenvalue weighted by Gasteiger charge is 2.04. The molecular formula is C14H10NO5-. The first-order valence-electron chi connectivity index (χ1n) is 5.74. The van der Waals surface area contributed by atoms with Crippen LogP contribution in [0.4, 0.5) is 5.69 Å². The summed E-state index contributed by atoms with van der Waals surface area (Å²) in [5.41, 5.74) is 0.874. The van der Waals surface area contributed by atoms with Crippen LogP contribution < -0.4 is 9.84 Å². The molecule has 0 fully saturated rings. The zero-order chi connectivity index (χ0) is 14.5. The number of carboxylic acid groups (broad SMARTS) is 1. The van der Waals surface area contributed by atoms with Gasteiger partial charge in [0.15, 0.2) is 0 Å². The molecule has 0 N–H and O–H groups in total. The van der Waals surface area contributed by atoms with Gasteiger partial charge in [-0.25, -0.2) is 0 Å². The number of hydrogen-bond donors (Lipinski definition) is 0. The summed E-state index contributed by atoms with van der Waals surface area (Å²) >= 11 is 0. The van der Waals surface area contributed by atoms with Crippen LogP contribution in [-0.4, -0.2) is 10.9 Å². The molecule has 6 nitrogen and oxygen atoms in total. The Balaban J connectivity index is 1.97. The van der Waals surface area contributed by atoms with Crippen LogP contribution in [0.1, 0.15) is 15.9 Å². The van der Waals surface area contributed by atoms with Gasteiger partial charge in [0.1, 0.15) is 12.4 Å².